The molecule has 0 aliphatic rings. The molecule has 0 amide bonds. The smallest absolute Gasteiger partial charge is 0.550 e. The third-order valence-electron chi connectivity index (χ3n) is 0.866. The summed E-state index contributed by atoms with van der Waals surface area (Å²) in [6.45, 7) is 0. The molecule has 0 aliphatic carbocycles. The fourth-order valence-electron chi connectivity index (χ4n) is 0.354. The molecule has 23 heavy (non-hydrogen) atoms. The summed E-state index contributed by atoms with van der Waals surface area (Å²) in [6.07, 6.45) is -3.08. The summed E-state index contributed by atoms with van der Waals surface area (Å²) in [5.74, 6) is -9.75. The van der Waals surface area contributed by atoms with Gasteiger partial charge in [0.2, 0.25) is 0 Å². The number of rotatable bonds is 6. The summed E-state index contributed by atoms with van der Waals surface area (Å²) in [4.78, 5) is 55.7. The topological polar surface area (TPSA) is 241 Å². The Morgan fingerprint density at radius 3 is 0.478 bits per heavy atom. The van der Waals surface area contributed by atoms with Crippen LogP contribution in [0.1, 0.15) is 19.3 Å². The molecule has 0 aromatic carbocycles. The van der Waals surface area contributed by atoms with Crippen molar-refractivity contribution in [1.82, 2.24) is 0 Å². The molecule has 120 valence electrons. The Kier molecular flexibility index (Phi) is 29.7. The molecule has 0 heterocycles. The van der Waals surface area contributed by atoms with Crippen LogP contribution in [0.15, 0.2) is 0 Å². The zero-order valence-electron chi connectivity index (χ0n) is 11.2. The summed E-state index contributed by atoms with van der Waals surface area (Å²) >= 11 is 0. The summed E-state index contributed by atoms with van der Waals surface area (Å²) in [7, 11) is 0. The largest absolute Gasteiger partial charge is 3.00 e. The van der Waals surface area contributed by atoms with Gasteiger partial charge in [-0.1, -0.05) is 0 Å². The van der Waals surface area contributed by atoms with E-state index in [9.17, 15) is 59.4 Å². The fourth-order valence-corrected chi connectivity index (χ4v) is 0.354. The van der Waals surface area contributed by atoms with Crippen molar-refractivity contribution in [3.05, 3.63) is 0 Å². The molecule has 0 radical (unpaired) electrons. The zero-order valence-corrected chi connectivity index (χ0v) is 17.8. The Morgan fingerprint density at radius 1 is 0.391 bits per heavy atom. The maximum Gasteiger partial charge on any atom is 3.00 e. The zero-order chi connectivity index (χ0) is 17.6. The number of hydrogen-bond donors (Lipinski definition) is 0. The minimum atomic E-state index is -1.63. The van der Waals surface area contributed by atoms with Crippen molar-refractivity contribution in [2.45, 2.75) is 19.3 Å². The summed E-state index contributed by atoms with van der Waals surface area (Å²) < 4.78 is 0. The molecule has 0 unspecified atom stereocenters. The molecule has 0 aromatic rings. The van der Waals surface area contributed by atoms with Gasteiger partial charge in [-0.15, -0.1) is 0 Å². The number of aliphatic carboxylic acids is 6. The molecule has 0 aromatic heterocycles. The van der Waals surface area contributed by atoms with E-state index in [1.54, 1.807) is 0 Å². The molecule has 0 bridgehead atoms. The van der Waals surface area contributed by atoms with Crippen LogP contribution in [0.2, 0.25) is 0 Å². The fraction of sp³-hybridized carbons (Fsp3) is 0.333. The average Bonchev–Trinajstić information content (AvgIpc) is 2.10. The quantitative estimate of drug-likeness (QED) is 0.288. The van der Waals surface area contributed by atoms with Crippen LogP contribution >= 0.6 is 0 Å². The van der Waals surface area contributed by atoms with Gasteiger partial charge in [-0.25, -0.2) is 0 Å². The van der Waals surface area contributed by atoms with Crippen LogP contribution in [-0.4, -0.2) is 87.5 Å². The van der Waals surface area contributed by atoms with Crippen molar-refractivity contribution in [3.63, 3.8) is 0 Å². The molecule has 0 fully saturated rings. The van der Waals surface area contributed by atoms with E-state index < -0.39 is 55.1 Å². The Labute approximate surface area is 165 Å². The van der Waals surface area contributed by atoms with Crippen LogP contribution in [0.3, 0.4) is 0 Å². The second-order valence-electron chi connectivity index (χ2n) is 2.76. The van der Waals surface area contributed by atoms with Crippen LogP contribution in [0.25, 0.3) is 0 Å². The summed E-state index contributed by atoms with van der Waals surface area (Å²) in [5, 5.41) is 55.7. The van der Waals surface area contributed by atoms with Gasteiger partial charge in [0.05, 0.1) is 0 Å². The van der Waals surface area contributed by atoms with Gasteiger partial charge in [-0.05, 0) is 0 Å². The van der Waals surface area contributed by atoms with E-state index in [0.29, 0.717) is 0 Å². The van der Waals surface area contributed by atoms with Crippen LogP contribution in [0.5, 0.6) is 0 Å². The first-order valence-electron chi connectivity index (χ1n) is 4.57. The van der Waals surface area contributed by atoms with E-state index in [1.807, 2.05) is 0 Å². The van der Waals surface area contributed by atoms with E-state index >= 15 is 0 Å². The molecular weight excluding hydrogens is 530 g/mol. The molecular formula is C9H6In2O12. The van der Waals surface area contributed by atoms with Gasteiger partial charge in [0.25, 0.3) is 0 Å². The van der Waals surface area contributed by atoms with E-state index in [-0.39, 0.29) is 51.7 Å². The summed E-state index contributed by atoms with van der Waals surface area (Å²) in [6, 6.07) is 0. The van der Waals surface area contributed by atoms with Crippen molar-refractivity contribution in [1.29, 1.82) is 0 Å². The predicted molar refractivity (Wildman–Crippen MR) is 55.4 cm³/mol. The molecule has 0 atom stereocenters. The van der Waals surface area contributed by atoms with Crippen LogP contribution in [0.4, 0.5) is 0 Å². The first kappa shape index (κ1) is 33.2. The number of carboxylic acids is 6. The number of carbonyl (C=O) groups excluding carboxylic acids is 6. The van der Waals surface area contributed by atoms with Crippen molar-refractivity contribution in [3.8, 4) is 0 Å². The van der Waals surface area contributed by atoms with Gasteiger partial charge in [-0.2, -0.15) is 0 Å². The van der Waals surface area contributed by atoms with Crippen molar-refractivity contribution in [2.75, 3.05) is 0 Å². The Hall–Kier alpha value is -1.44. The SMILES string of the molecule is O=C([O-])CC(=O)[O-].O=C([O-])CC(=O)[O-].O=C([O-])CC(=O)[O-].[In+3].[In+3]. The molecule has 14 heteroatoms. The van der Waals surface area contributed by atoms with Crippen molar-refractivity contribution >= 4 is 87.5 Å². The third-order valence-corrected chi connectivity index (χ3v) is 0.866. The molecule has 0 saturated heterocycles. The monoisotopic (exact) mass is 536 g/mol. The maximum atomic E-state index is 9.28. The normalized spacial score (nSPS) is 7.30. The predicted octanol–water partition coefficient (Wildman–Crippen LogP) is -10.1. The first-order valence-corrected chi connectivity index (χ1v) is 4.57. The number of carboxylic acid groups (broad SMARTS) is 6. The van der Waals surface area contributed by atoms with Crippen LogP contribution in [0, 0.1) is 0 Å². The Morgan fingerprint density at radius 2 is 0.478 bits per heavy atom. The molecule has 0 spiro atoms. The van der Waals surface area contributed by atoms with E-state index in [4.69, 9.17) is 0 Å². The Bertz CT molecular complexity index is 321. The molecule has 12 nitrogen and oxygen atoms in total. The molecule has 0 aliphatic heterocycles. The van der Waals surface area contributed by atoms with Gasteiger partial charge < -0.3 is 59.4 Å². The standard InChI is InChI=1S/3C3H4O4.2In/c3*4-2(5)1-3(6)7;;/h3*1H2,(H,4,5)(H,6,7);;/q;;;2*+3/p-6. The maximum absolute atomic E-state index is 9.28. The van der Waals surface area contributed by atoms with E-state index in [2.05, 4.69) is 0 Å². The van der Waals surface area contributed by atoms with Gasteiger partial charge in [0.1, 0.15) is 0 Å². The first-order chi connectivity index (χ1) is 9.38. The molecule has 0 rings (SSSR count). The minimum absolute atomic E-state index is 0. The molecule has 0 N–H and O–H groups in total. The Balaban J connectivity index is -0.0000000675. The van der Waals surface area contributed by atoms with Gasteiger partial charge in [0.15, 0.2) is 0 Å². The summed E-state index contributed by atoms with van der Waals surface area (Å²) in [5.41, 5.74) is 0. The molecule has 0 saturated carbocycles. The van der Waals surface area contributed by atoms with Gasteiger partial charge >= 0.3 is 51.7 Å². The average molecular weight is 536 g/mol. The second-order valence-corrected chi connectivity index (χ2v) is 2.76. The van der Waals surface area contributed by atoms with E-state index in [0.717, 1.165) is 0 Å². The van der Waals surface area contributed by atoms with Crippen LogP contribution in [-0.2, 0) is 28.8 Å². The van der Waals surface area contributed by atoms with Crippen molar-refractivity contribution < 1.29 is 59.4 Å². The van der Waals surface area contributed by atoms with Gasteiger partial charge in [0, 0.05) is 55.1 Å². The minimum Gasteiger partial charge on any atom is -0.550 e. The third kappa shape index (κ3) is 63.5. The van der Waals surface area contributed by atoms with Crippen molar-refractivity contribution in [2.24, 2.45) is 0 Å². The second kappa shape index (κ2) is 20.6. The van der Waals surface area contributed by atoms with E-state index in [1.165, 1.54) is 0 Å². The number of carbonyl (C=O) groups is 6. The van der Waals surface area contributed by atoms with Crippen LogP contribution < -0.4 is 30.6 Å². The van der Waals surface area contributed by atoms with Gasteiger partial charge in [-0.3, -0.25) is 0 Å². The number of hydrogen-bond acceptors (Lipinski definition) is 12.